The summed E-state index contributed by atoms with van der Waals surface area (Å²) < 4.78 is 15.9. The maximum absolute atomic E-state index is 14.5. The zero-order valence-electron chi connectivity index (χ0n) is 11.8. The van der Waals surface area contributed by atoms with Crippen molar-refractivity contribution in [2.45, 2.75) is 6.92 Å². The molecule has 108 valence electrons. The third-order valence-corrected chi connectivity index (χ3v) is 3.67. The van der Waals surface area contributed by atoms with Crippen molar-refractivity contribution in [3.8, 4) is 11.1 Å². The molecule has 4 aromatic rings. The molecule has 22 heavy (non-hydrogen) atoms. The normalized spacial score (nSPS) is 11.4. The maximum atomic E-state index is 14.5. The van der Waals surface area contributed by atoms with E-state index >= 15 is 0 Å². The Labute approximate surface area is 125 Å². The number of benzene rings is 1. The van der Waals surface area contributed by atoms with Gasteiger partial charge in [0.1, 0.15) is 0 Å². The average molecular weight is 293 g/mol. The van der Waals surface area contributed by atoms with E-state index in [2.05, 4.69) is 15.1 Å². The summed E-state index contributed by atoms with van der Waals surface area (Å²) >= 11 is 0. The van der Waals surface area contributed by atoms with Crippen molar-refractivity contribution in [1.29, 1.82) is 0 Å². The SMILES string of the molecule is Cc1nc(N)nn2cc(F)c(-c3ccc4ncccc4c3)c12. The molecule has 0 amide bonds. The second kappa shape index (κ2) is 4.49. The van der Waals surface area contributed by atoms with Gasteiger partial charge in [0.2, 0.25) is 5.95 Å². The summed E-state index contributed by atoms with van der Waals surface area (Å²) in [5.74, 6) is -0.236. The Kier molecular flexibility index (Phi) is 2.59. The summed E-state index contributed by atoms with van der Waals surface area (Å²) in [6.07, 6.45) is 3.06. The van der Waals surface area contributed by atoms with Gasteiger partial charge >= 0.3 is 0 Å². The quantitative estimate of drug-likeness (QED) is 0.586. The minimum Gasteiger partial charge on any atom is -0.367 e. The zero-order valence-corrected chi connectivity index (χ0v) is 11.8. The van der Waals surface area contributed by atoms with Crippen LogP contribution in [0.4, 0.5) is 10.3 Å². The lowest BCUT2D eigenvalue weighted by Crippen LogP contribution is -2.02. The van der Waals surface area contributed by atoms with E-state index < -0.39 is 0 Å². The third kappa shape index (κ3) is 1.81. The van der Waals surface area contributed by atoms with E-state index in [1.54, 1.807) is 13.1 Å². The summed E-state index contributed by atoms with van der Waals surface area (Å²) in [6, 6.07) is 9.44. The number of hydrogen-bond acceptors (Lipinski definition) is 4. The number of nitrogens with zero attached hydrogens (tertiary/aromatic N) is 4. The highest BCUT2D eigenvalue weighted by molar-refractivity contribution is 5.89. The van der Waals surface area contributed by atoms with Crippen LogP contribution in [0.1, 0.15) is 5.69 Å². The molecule has 0 aliphatic carbocycles. The molecule has 0 atom stereocenters. The standard InChI is InChI=1S/C16H12FN5/c1-9-15-14(12(17)8-22(15)21-16(18)20-9)11-4-5-13-10(7-11)3-2-6-19-13/h2-8H,1H3,(H2,18,21). The van der Waals surface area contributed by atoms with Crippen LogP contribution < -0.4 is 5.73 Å². The highest BCUT2D eigenvalue weighted by atomic mass is 19.1. The molecule has 1 aromatic carbocycles. The fourth-order valence-electron chi connectivity index (χ4n) is 2.75. The van der Waals surface area contributed by atoms with Gasteiger partial charge in [-0.15, -0.1) is 5.10 Å². The van der Waals surface area contributed by atoms with Gasteiger partial charge < -0.3 is 5.73 Å². The molecule has 0 unspecified atom stereocenters. The molecule has 0 saturated heterocycles. The largest absolute Gasteiger partial charge is 0.367 e. The van der Waals surface area contributed by atoms with Crippen molar-refractivity contribution in [2.75, 3.05) is 5.73 Å². The number of pyridine rings is 1. The van der Waals surface area contributed by atoms with Crippen LogP contribution in [0.25, 0.3) is 27.5 Å². The molecule has 0 spiro atoms. The Morgan fingerprint density at radius 1 is 1.23 bits per heavy atom. The highest BCUT2D eigenvalue weighted by Crippen LogP contribution is 2.32. The van der Waals surface area contributed by atoms with Crippen LogP contribution in [0, 0.1) is 12.7 Å². The number of hydrogen-bond donors (Lipinski definition) is 1. The van der Waals surface area contributed by atoms with E-state index in [-0.39, 0.29) is 11.8 Å². The van der Waals surface area contributed by atoms with Crippen molar-refractivity contribution in [3.63, 3.8) is 0 Å². The smallest absolute Gasteiger partial charge is 0.238 e. The van der Waals surface area contributed by atoms with Gasteiger partial charge in [-0.25, -0.2) is 13.9 Å². The summed E-state index contributed by atoms with van der Waals surface area (Å²) in [6.45, 7) is 1.79. The number of aromatic nitrogens is 4. The van der Waals surface area contributed by atoms with Gasteiger partial charge in [0.05, 0.1) is 22.9 Å². The molecule has 0 bridgehead atoms. The number of halogens is 1. The molecule has 0 aliphatic rings. The lowest BCUT2D eigenvalue weighted by Gasteiger charge is -2.05. The average Bonchev–Trinajstić information content (AvgIpc) is 2.83. The second-order valence-electron chi connectivity index (χ2n) is 5.11. The fourth-order valence-corrected chi connectivity index (χ4v) is 2.75. The number of anilines is 1. The molecular formula is C16H12FN5. The van der Waals surface area contributed by atoms with Crippen molar-refractivity contribution >= 4 is 22.4 Å². The van der Waals surface area contributed by atoms with E-state index in [1.165, 1.54) is 10.7 Å². The first-order valence-electron chi connectivity index (χ1n) is 6.79. The van der Waals surface area contributed by atoms with Gasteiger partial charge in [-0.1, -0.05) is 12.1 Å². The van der Waals surface area contributed by atoms with Crippen LogP contribution >= 0.6 is 0 Å². The lowest BCUT2D eigenvalue weighted by molar-refractivity contribution is 0.628. The Morgan fingerprint density at radius 3 is 2.95 bits per heavy atom. The number of fused-ring (bicyclic) bond motifs is 2. The Bertz CT molecular complexity index is 1020. The van der Waals surface area contributed by atoms with E-state index in [9.17, 15) is 4.39 Å². The van der Waals surface area contributed by atoms with E-state index in [1.807, 2.05) is 30.3 Å². The van der Waals surface area contributed by atoms with Gasteiger partial charge in [0.25, 0.3) is 0 Å². The predicted octanol–water partition coefficient (Wildman–Crippen LogP) is 2.97. The van der Waals surface area contributed by atoms with Crippen molar-refractivity contribution in [3.05, 3.63) is 54.2 Å². The molecule has 4 rings (SSSR count). The van der Waals surface area contributed by atoms with Crippen molar-refractivity contribution < 1.29 is 4.39 Å². The van der Waals surface area contributed by atoms with E-state index in [4.69, 9.17) is 5.73 Å². The second-order valence-corrected chi connectivity index (χ2v) is 5.11. The minimum absolute atomic E-state index is 0.120. The fraction of sp³-hybridized carbons (Fsp3) is 0.0625. The lowest BCUT2D eigenvalue weighted by atomic mass is 10.0. The number of aryl methyl sites for hydroxylation is 1. The molecular weight excluding hydrogens is 281 g/mol. The molecule has 6 heteroatoms. The summed E-state index contributed by atoms with van der Waals surface area (Å²) in [5, 5.41) is 4.99. The van der Waals surface area contributed by atoms with Crippen LogP contribution in [0.2, 0.25) is 0 Å². The zero-order chi connectivity index (χ0) is 15.3. The molecule has 3 aromatic heterocycles. The van der Waals surface area contributed by atoms with Crippen molar-refractivity contribution in [1.82, 2.24) is 19.6 Å². The first-order chi connectivity index (χ1) is 10.6. The van der Waals surface area contributed by atoms with Gasteiger partial charge in [0, 0.05) is 17.1 Å². The van der Waals surface area contributed by atoms with Crippen LogP contribution in [0.5, 0.6) is 0 Å². The minimum atomic E-state index is -0.355. The Morgan fingerprint density at radius 2 is 2.09 bits per heavy atom. The molecule has 3 heterocycles. The monoisotopic (exact) mass is 293 g/mol. The van der Waals surface area contributed by atoms with Gasteiger partial charge in [-0.2, -0.15) is 0 Å². The van der Waals surface area contributed by atoms with Gasteiger partial charge in [0.15, 0.2) is 5.82 Å². The number of nitrogen functional groups attached to an aromatic ring is 1. The molecule has 5 nitrogen and oxygen atoms in total. The van der Waals surface area contributed by atoms with Crippen LogP contribution in [-0.4, -0.2) is 19.6 Å². The van der Waals surface area contributed by atoms with Crippen molar-refractivity contribution in [2.24, 2.45) is 0 Å². The predicted molar refractivity (Wildman–Crippen MR) is 82.8 cm³/mol. The van der Waals surface area contributed by atoms with E-state index in [0.717, 1.165) is 16.5 Å². The molecule has 0 aliphatic heterocycles. The number of rotatable bonds is 1. The topological polar surface area (TPSA) is 69.1 Å². The van der Waals surface area contributed by atoms with Crippen LogP contribution in [0.3, 0.4) is 0 Å². The van der Waals surface area contributed by atoms with Gasteiger partial charge in [-0.05, 0) is 30.7 Å². The maximum Gasteiger partial charge on any atom is 0.238 e. The summed E-state index contributed by atoms with van der Waals surface area (Å²) in [7, 11) is 0. The summed E-state index contributed by atoms with van der Waals surface area (Å²) in [4.78, 5) is 8.41. The van der Waals surface area contributed by atoms with E-state index in [0.29, 0.717) is 16.8 Å². The molecule has 0 radical (unpaired) electrons. The molecule has 0 saturated carbocycles. The van der Waals surface area contributed by atoms with Crippen LogP contribution in [-0.2, 0) is 0 Å². The number of nitrogens with two attached hydrogens (primary N) is 1. The summed E-state index contributed by atoms with van der Waals surface area (Å²) in [5.41, 5.74) is 8.98. The Hall–Kier alpha value is -3.02. The molecule has 0 fully saturated rings. The van der Waals surface area contributed by atoms with Gasteiger partial charge in [-0.3, -0.25) is 4.98 Å². The van der Waals surface area contributed by atoms with Crippen LogP contribution in [0.15, 0.2) is 42.7 Å². The molecule has 2 N–H and O–H groups in total. The Balaban J connectivity index is 2.05. The first-order valence-corrected chi connectivity index (χ1v) is 6.79. The highest BCUT2D eigenvalue weighted by Gasteiger charge is 2.17. The third-order valence-electron chi connectivity index (χ3n) is 3.67. The first kappa shape index (κ1) is 12.7.